The SMILES string of the molecule is CC(C)(C)OC(=O)[C@H](Cc1ccc(OC(C)(C)C)cc1)NC(=O)[C@H](CCCC(=O)O)NC(=O)[C@H](CCCNC(N)=O)NC(=O)[C@H](Cc1ccccc1)NC(=O)OCC1c2ccccc2-c2ccccc21. The van der Waals surface area contributed by atoms with Gasteiger partial charge in [0.05, 0.1) is 0 Å². The number of aliphatic carboxylic acids is 1. The number of urea groups is 1. The van der Waals surface area contributed by atoms with Crippen LogP contribution >= 0.6 is 0 Å². The van der Waals surface area contributed by atoms with Crippen molar-refractivity contribution >= 4 is 41.8 Å². The predicted octanol–water partition coefficient (Wildman–Crippen LogP) is 6.06. The number of amides is 6. The normalized spacial score (nSPS) is 13.7. The molecule has 1 aliphatic carbocycles. The minimum atomic E-state index is -1.39. The van der Waals surface area contributed by atoms with Gasteiger partial charge in [-0.15, -0.1) is 0 Å². The molecule has 0 unspecified atom stereocenters. The second-order valence-corrected chi connectivity index (χ2v) is 19.2. The zero-order chi connectivity index (χ0) is 51.0. The first-order valence-corrected chi connectivity index (χ1v) is 23.5. The van der Waals surface area contributed by atoms with Crippen molar-refractivity contribution in [3.8, 4) is 16.9 Å². The molecule has 4 aromatic carbocycles. The van der Waals surface area contributed by atoms with E-state index in [9.17, 15) is 38.7 Å². The summed E-state index contributed by atoms with van der Waals surface area (Å²) >= 11 is 0. The minimum Gasteiger partial charge on any atom is -0.488 e. The van der Waals surface area contributed by atoms with Gasteiger partial charge < -0.3 is 51.6 Å². The van der Waals surface area contributed by atoms with Crippen molar-refractivity contribution in [1.29, 1.82) is 0 Å². The number of carbonyl (C=O) groups is 7. The van der Waals surface area contributed by atoms with Crippen molar-refractivity contribution in [3.05, 3.63) is 125 Å². The summed E-state index contributed by atoms with van der Waals surface area (Å²) in [5.41, 5.74) is 9.35. The van der Waals surface area contributed by atoms with Crippen LogP contribution < -0.4 is 37.1 Å². The Morgan fingerprint density at radius 1 is 0.600 bits per heavy atom. The molecule has 0 saturated heterocycles. The standard InChI is InChI=1S/C53H66N6O11/c1-52(2,3)69-35-27-25-34(26-28-35)31-44(49(65)70-53(4,5)6)58-47(63)41(22-14-24-45(60)61)56-46(62)42(23-15-29-55-50(54)66)57-48(64)43(30-33-16-8-7-9-17-33)59-51(67)68-32-40-38-20-12-10-18-36(38)37-19-11-13-21-39(37)40/h7-13,16-21,25-28,40-44H,14-15,22-24,29-32H2,1-6H3,(H,56,62)(H,57,64)(H,58,63)(H,59,67)(H,60,61)(H3,54,55,66)/t41-,42-,43-,44-/m0/s1. The van der Waals surface area contributed by atoms with Crippen LogP contribution in [0, 0.1) is 0 Å². The van der Waals surface area contributed by atoms with E-state index in [1.165, 1.54) is 0 Å². The number of benzene rings is 4. The highest BCUT2D eigenvalue weighted by molar-refractivity contribution is 5.95. The van der Waals surface area contributed by atoms with E-state index in [1.54, 1.807) is 75.4 Å². The first kappa shape index (κ1) is 53.5. The maximum absolute atomic E-state index is 14.4. The molecule has 1 aliphatic rings. The van der Waals surface area contributed by atoms with Crippen molar-refractivity contribution in [3.63, 3.8) is 0 Å². The Morgan fingerprint density at radius 2 is 1.10 bits per heavy atom. The van der Waals surface area contributed by atoms with Crippen LogP contribution in [0.1, 0.15) is 102 Å². The highest BCUT2D eigenvalue weighted by Gasteiger charge is 2.34. The van der Waals surface area contributed by atoms with Crippen LogP contribution in [0.2, 0.25) is 0 Å². The van der Waals surface area contributed by atoms with Crippen LogP contribution in [0.5, 0.6) is 5.75 Å². The van der Waals surface area contributed by atoms with Crippen molar-refractivity contribution in [2.45, 2.75) is 128 Å². The topological polar surface area (TPSA) is 254 Å². The first-order chi connectivity index (χ1) is 33.2. The number of carboxylic acid groups (broad SMARTS) is 1. The molecule has 70 heavy (non-hydrogen) atoms. The van der Waals surface area contributed by atoms with Gasteiger partial charge in [0.1, 0.15) is 47.7 Å². The maximum Gasteiger partial charge on any atom is 0.407 e. The number of hydrogen-bond acceptors (Lipinski definition) is 10. The van der Waals surface area contributed by atoms with E-state index >= 15 is 0 Å². The zero-order valence-electron chi connectivity index (χ0n) is 40.7. The van der Waals surface area contributed by atoms with E-state index in [1.807, 2.05) is 69.3 Å². The highest BCUT2D eigenvalue weighted by atomic mass is 16.6. The van der Waals surface area contributed by atoms with Crippen LogP contribution in [-0.2, 0) is 46.3 Å². The van der Waals surface area contributed by atoms with Gasteiger partial charge in [-0.1, -0.05) is 91.0 Å². The van der Waals surface area contributed by atoms with Crippen LogP contribution in [-0.4, -0.2) is 95.4 Å². The van der Waals surface area contributed by atoms with Gasteiger partial charge >= 0.3 is 24.1 Å². The van der Waals surface area contributed by atoms with Crippen LogP contribution in [0.3, 0.4) is 0 Å². The first-order valence-electron chi connectivity index (χ1n) is 23.5. The lowest BCUT2D eigenvalue weighted by molar-refractivity contribution is -0.158. The van der Waals surface area contributed by atoms with Crippen molar-refractivity contribution < 1.29 is 52.9 Å². The number of fused-ring (bicyclic) bond motifs is 3. The van der Waals surface area contributed by atoms with Gasteiger partial charge in [-0.25, -0.2) is 14.4 Å². The molecule has 8 N–H and O–H groups in total. The number of nitrogens with one attached hydrogen (secondary N) is 5. The highest BCUT2D eigenvalue weighted by Crippen LogP contribution is 2.44. The van der Waals surface area contributed by atoms with E-state index in [4.69, 9.17) is 19.9 Å². The number of carboxylic acids is 1. The fourth-order valence-corrected chi connectivity index (χ4v) is 8.02. The number of primary amides is 1. The molecule has 5 rings (SSSR count). The Morgan fingerprint density at radius 3 is 1.64 bits per heavy atom. The number of ether oxygens (including phenoxy) is 3. The lowest BCUT2D eigenvalue weighted by Crippen LogP contribution is -2.58. The molecule has 0 fully saturated rings. The summed E-state index contributed by atoms with van der Waals surface area (Å²) in [6.45, 7) is 10.8. The summed E-state index contributed by atoms with van der Waals surface area (Å²) < 4.78 is 17.4. The summed E-state index contributed by atoms with van der Waals surface area (Å²) in [6.07, 6.45) is -1.32. The zero-order valence-corrected chi connectivity index (χ0v) is 40.7. The molecule has 0 aliphatic heterocycles. The van der Waals surface area contributed by atoms with E-state index in [-0.39, 0.29) is 64.0 Å². The van der Waals surface area contributed by atoms with Crippen molar-refractivity contribution in [1.82, 2.24) is 26.6 Å². The van der Waals surface area contributed by atoms with Gasteiger partial charge in [0.25, 0.3) is 0 Å². The molecule has 0 heterocycles. The average molecular weight is 963 g/mol. The molecular formula is C53H66N6O11. The number of alkyl carbamates (subject to hydrolysis) is 1. The lowest BCUT2D eigenvalue weighted by Gasteiger charge is -2.28. The number of nitrogens with two attached hydrogens (primary N) is 1. The minimum absolute atomic E-state index is 0.00271. The lowest BCUT2D eigenvalue weighted by atomic mass is 9.98. The third-order valence-electron chi connectivity index (χ3n) is 11.1. The molecule has 0 bridgehead atoms. The number of esters is 1. The Balaban J connectivity index is 1.36. The summed E-state index contributed by atoms with van der Waals surface area (Å²) in [7, 11) is 0. The van der Waals surface area contributed by atoms with E-state index < -0.39 is 77.2 Å². The second-order valence-electron chi connectivity index (χ2n) is 19.2. The van der Waals surface area contributed by atoms with E-state index in [2.05, 4.69) is 26.6 Å². The van der Waals surface area contributed by atoms with Gasteiger partial charge in [-0.2, -0.15) is 0 Å². The molecule has 4 aromatic rings. The molecule has 6 amide bonds. The van der Waals surface area contributed by atoms with Crippen LogP contribution in [0.4, 0.5) is 9.59 Å². The molecule has 0 radical (unpaired) electrons. The maximum atomic E-state index is 14.4. The van der Waals surface area contributed by atoms with E-state index in [0.29, 0.717) is 16.9 Å². The second kappa shape index (κ2) is 24.7. The van der Waals surface area contributed by atoms with Crippen molar-refractivity contribution in [2.75, 3.05) is 13.2 Å². The summed E-state index contributed by atoms with van der Waals surface area (Å²) in [5, 5.41) is 22.7. The molecule has 0 saturated carbocycles. The number of hydrogen-bond donors (Lipinski definition) is 7. The molecule has 0 spiro atoms. The fourth-order valence-electron chi connectivity index (χ4n) is 8.02. The summed E-state index contributed by atoms with van der Waals surface area (Å²) in [5.74, 6) is -3.91. The van der Waals surface area contributed by atoms with E-state index in [0.717, 1.165) is 22.3 Å². The Kier molecular flexibility index (Phi) is 18.9. The predicted molar refractivity (Wildman–Crippen MR) is 263 cm³/mol. The molecular weight excluding hydrogens is 897 g/mol. The molecule has 374 valence electrons. The Bertz CT molecular complexity index is 2400. The molecule has 4 atom stereocenters. The fraction of sp³-hybridized carbons (Fsp3) is 0.415. The monoisotopic (exact) mass is 962 g/mol. The summed E-state index contributed by atoms with van der Waals surface area (Å²) in [6, 6.07) is 25.6. The Labute approximate surface area is 409 Å². The smallest absolute Gasteiger partial charge is 0.407 e. The third-order valence-corrected chi connectivity index (χ3v) is 11.1. The quantitative estimate of drug-likeness (QED) is 0.0333. The Hall–Kier alpha value is -7.43. The van der Waals surface area contributed by atoms with Crippen LogP contribution in [0.25, 0.3) is 11.1 Å². The number of rotatable bonds is 23. The van der Waals surface area contributed by atoms with Gasteiger partial charge in [-0.05, 0) is 113 Å². The molecule has 0 aromatic heterocycles. The van der Waals surface area contributed by atoms with Gasteiger partial charge in [0.15, 0.2) is 0 Å². The van der Waals surface area contributed by atoms with Gasteiger partial charge in [0, 0.05) is 31.7 Å². The average Bonchev–Trinajstić information content (AvgIpc) is 3.61. The van der Waals surface area contributed by atoms with Gasteiger partial charge in [-0.3, -0.25) is 19.2 Å². The van der Waals surface area contributed by atoms with Crippen LogP contribution in [0.15, 0.2) is 103 Å². The third kappa shape index (κ3) is 17.0. The molecule has 17 heteroatoms. The van der Waals surface area contributed by atoms with Gasteiger partial charge in [0.2, 0.25) is 17.7 Å². The molecule has 17 nitrogen and oxygen atoms in total. The van der Waals surface area contributed by atoms with Crippen molar-refractivity contribution in [2.24, 2.45) is 5.73 Å². The number of carbonyl (C=O) groups excluding carboxylic acids is 6. The summed E-state index contributed by atoms with van der Waals surface area (Å²) in [4.78, 5) is 93.3. The largest absolute Gasteiger partial charge is 0.488 e.